The predicted molar refractivity (Wildman–Crippen MR) is 362 cm³/mol. The molecule has 5 heteroatoms. The van der Waals surface area contributed by atoms with Crippen molar-refractivity contribution in [1.29, 1.82) is 0 Å². The normalized spacial score (nSPS) is 12.9. The summed E-state index contributed by atoms with van der Waals surface area (Å²) in [7, 11) is 0. The van der Waals surface area contributed by atoms with Crippen molar-refractivity contribution in [2.75, 3.05) is 13.2 Å². The van der Waals surface area contributed by atoms with E-state index in [1.807, 2.05) is 0 Å². The Morgan fingerprint density at radius 2 is 0.524 bits per heavy atom. The lowest BCUT2D eigenvalue weighted by Gasteiger charge is -2.15. The number of unbranched alkanes of at least 4 members (excludes halogenated alkanes) is 39. The van der Waals surface area contributed by atoms with Crippen molar-refractivity contribution < 1.29 is 24.2 Å². The van der Waals surface area contributed by atoms with Crippen LogP contribution in [0.1, 0.15) is 348 Å². The summed E-state index contributed by atoms with van der Waals surface area (Å²) in [4.78, 5) is 24.7. The lowest BCUT2D eigenvalue weighted by molar-refractivity contribution is -0.161. The second-order valence-corrected chi connectivity index (χ2v) is 23.6. The van der Waals surface area contributed by atoms with Crippen molar-refractivity contribution >= 4 is 11.9 Å². The number of esters is 2. The van der Waals surface area contributed by atoms with Crippen LogP contribution in [-0.4, -0.2) is 36.4 Å². The van der Waals surface area contributed by atoms with Crippen LogP contribution in [0.15, 0.2) is 109 Å². The number of hydrogen-bond acceptors (Lipinski definition) is 5. The Balaban J connectivity index is 3.45. The molecule has 5 nitrogen and oxygen atoms in total. The van der Waals surface area contributed by atoms with Crippen LogP contribution in [0, 0.1) is 0 Å². The van der Waals surface area contributed by atoms with E-state index in [1.54, 1.807) is 0 Å². The van der Waals surface area contributed by atoms with Gasteiger partial charge in [0.1, 0.15) is 6.61 Å². The molecule has 0 aromatic rings. The molecule has 1 unspecified atom stereocenters. The van der Waals surface area contributed by atoms with Crippen LogP contribution in [0.5, 0.6) is 0 Å². The molecule has 0 amide bonds. The molecule has 82 heavy (non-hydrogen) atoms. The van der Waals surface area contributed by atoms with E-state index < -0.39 is 6.10 Å². The third kappa shape index (κ3) is 69.1. The minimum Gasteiger partial charge on any atom is -0.462 e. The minimum atomic E-state index is -0.776. The van der Waals surface area contributed by atoms with Gasteiger partial charge in [0.15, 0.2) is 6.10 Å². The van der Waals surface area contributed by atoms with Gasteiger partial charge in [0.05, 0.1) is 6.61 Å². The van der Waals surface area contributed by atoms with Crippen LogP contribution in [0.4, 0.5) is 0 Å². The molecule has 0 aliphatic carbocycles. The Hall–Kier alpha value is -3.44. The van der Waals surface area contributed by atoms with E-state index in [9.17, 15) is 14.7 Å². The van der Waals surface area contributed by atoms with Crippen LogP contribution in [0.2, 0.25) is 0 Å². The highest BCUT2D eigenvalue weighted by molar-refractivity contribution is 5.70. The highest BCUT2D eigenvalue weighted by Gasteiger charge is 2.16. The molecule has 1 N–H and O–H groups in total. The van der Waals surface area contributed by atoms with Gasteiger partial charge in [0, 0.05) is 12.8 Å². The molecule has 472 valence electrons. The topological polar surface area (TPSA) is 72.8 Å². The maximum absolute atomic E-state index is 12.4. The number of hydrogen-bond donors (Lipinski definition) is 1. The largest absolute Gasteiger partial charge is 0.462 e. The van der Waals surface area contributed by atoms with Gasteiger partial charge in [-0.3, -0.25) is 9.59 Å². The van der Waals surface area contributed by atoms with Gasteiger partial charge in [-0.2, -0.15) is 0 Å². The highest BCUT2D eigenvalue weighted by Crippen LogP contribution is 2.18. The molecule has 0 saturated carbocycles. The number of carbonyl (C=O) groups is 2. The first-order chi connectivity index (χ1) is 40.6. The Morgan fingerprint density at radius 3 is 0.793 bits per heavy atom. The van der Waals surface area contributed by atoms with Crippen molar-refractivity contribution in [1.82, 2.24) is 0 Å². The summed E-state index contributed by atoms with van der Waals surface area (Å²) in [6.45, 7) is 4.05. The number of aliphatic hydroxyl groups excluding tert-OH is 1. The van der Waals surface area contributed by atoms with E-state index >= 15 is 0 Å². The third-order valence-electron chi connectivity index (χ3n) is 15.6. The molecule has 0 saturated heterocycles. The molecule has 0 aliphatic heterocycles. The van der Waals surface area contributed by atoms with Gasteiger partial charge < -0.3 is 14.6 Å². The van der Waals surface area contributed by atoms with E-state index in [2.05, 4.69) is 123 Å². The van der Waals surface area contributed by atoms with Gasteiger partial charge >= 0.3 is 11.9 Å². The van der Waals surface area contributed by atoms with Crippen molar-refractivity contribution in [2.24, 2.45) is 0 Å². The number of carbonyl (C=O) groups excluding carboxylic acids is 2. The quantitative estimate of drug-likeness (QED) is 0.0373. The molecular formula is C77H134O5. The van der Waals surface area contributed by atoms with Crippen molar-refractivity contribution in [3.63, 3.8) is 0 Å². The Bertz CT molecular complexity index is 1570. The van der Waals surface area contributed by atoms with Gasteiger partial charge in [0.25, 0.3) is 0 Å². The fourth-order valence-corrected chi connectivity index (χ4v) is 10.3. The number of ether oxygens (including phenoxy) is 2. The van der Waals surface area contributed by atoms with Gasteiger partial charge in [-0.05, 0) is 103 Å². The average molecular weight is 1140 g/mol. The average Bonchev–Trinajstić information content (AvgIpc) is 3.49. The predicted octanol–water partition coefficient (Wildman–Crippen LogP) is 24.8. The monoisotopic (exact) mass is 1140 g/mol. The summed E-state index contributed by atoms with van der Waals surface area (Å²) >= 11 is 0. The van der Waals surface area contributed by atoms with Crippen LogP contribution in [0.3, 0.4) is 0 Å². The van der Waals surface area contributed by atoms with E-state index in [1.165, 1.54) is 231 Å². The van der Waals surface area contributed by atoms with Crippen LogP contribution in [-0.2, 0) is 19.1 Å². The van der Waals surface area contributed by atoms with Crippen LogP contribution < -0.4 is 0 Å². The highest BCUT2D eigenvalue weighted by atomic mass is 16.6. The third-order valence-corrected chi connectivity index (χ3v) is 15.6. The molecule has 0 aromatic carbocycles. The summed E-state index contributed by atoms with van der Waals surface area (Å²) in [5.74, 6) is -0.577. The lowest BCUT2D eigenvalue weighted by atomic mass is 10.0. The first-order valence-corrected chi connectivity index (χ1v) is 35.4. The maximum atomic E-state index is 12.4. The molecule has 0 rings (SSSR count). The zero-order chi connectivity index (χ0) is 59.1. The van der Waals surface area contributed by atoms with E-state index in [0.717, 1.165) is 89.9 Å². The second-order valence-electron chi connectivity index (χ2n) is 23.6. The maximum Gasteiger partial charge on any atom is 0.306 e. The van der Waals surface area contributed by atoms with Gasteiger partial charge in [-0.15, -0.1) is 0 Å². The van der Waals surface area contributed by atoms with E-state index in [-0.39, 0.29) is 25.2 Å². The number of allylic oxidation sites excluding steroid dienone is 18. The fraction of sp³-hybridized carbons (Fsp3) is 0.740. The molecule has 0 aromatic heterocycles. The molecule has 1 atom stereocenters. The van der Waals surface area contributed by atoms with Crippen molar-refractivity contribution in [3.8, 4) is 0 Å². The minimum absolute atomic E-state index is 0.0651. The summed E-state index contributed by atoms with van der Waals surface area (Å²) in [6, 6.07) is 0. The second kappa shape index (κ2) is 71.8. The first kappa shape index (κ1) is 78.6. The summed E-state index contributed by atoms with van der Waals surface area (Å²) < 4.78 is 10.8. The van der Waals surface area contributed by atoms with Gasteiger partial charge in [-0.25, -0.2) is 0 Å². The summed E-state index contributed by atoms with van der Waals surface area (Å²) in [5.41, 5.74) is 0. The summed E-state index contributed by atoms with van der Waals surface area (Å²) in [6.07, 6.45) is 104. The molecule has 0 spiro atoms. The molecular weight excluding hydrogens is 1000 g/mol. The standard InChI is InChI=1S/C77H134O5/c1-3-5-7-9-11-13-15-17-19-21-23-25-27-29-31-32-33-34-35-36-37-38-39-40-41-42-43-44-46-48-50-52-54-56-58-60-62-64-66-68-70-72-77(80)82-75(73-78)74-81-76(79)71-69-67-65-63-61-59-57-55-53-51-49-47-45-30-28-26-24-22-20-18-16-14-12-10-8-6-4-2/h5,7,11,13,16-19,22-25,29,31,33-34,36-37,75,78H,3-4,6,8-10,12,14-15,20-21,26-28,30,32,35,38-74H2,1-2H3/b7-5-,13-11-,18-16-,19-17-,24-22-,25-23-,31-29-,34-33-,37-36-. The van der Waals surface area contributed by atoms with Crippen LogP contribution in [0.25, 0.3) is 0 Å². The Kier molecular flexibility index (Phi) is 68.8. The number of rotatable bonds is 65. The smallest absolute Gasteiger partial charge is 0.306 e. The Labute approximate surface area is 510 Å². The zero-order valence-corrected chi connectivity index (χ0v) is 54.2. The van der Waals surface area contributed by atoms with Crippen molar-refractivity contribution in [2.45, 2.75) is 354 Å². The fourth-order valence-electron chi connectivity index (χ4n) is 10.3. The first-order valence-electron chi connectivity index (χ1n) is 35.4. The SMILES string of the molecule is CC/C=C\C/C=C\C/C=C\C/C=C\C/C=C\C/C=C\C/C=C\CCCCCCCCCCCCCCCCCCCCCC(=O)OC(CO)COC(=O)CCCCCCCCCCCCCCCCC/C=C\C/C=C\CCCCCCC. The Morgan fingerprint density at radius 1 is 0.293 bits per heavy atom. The van der Waals surface area contributed by atoms with E-state index in [4.69, 9.17) is 9.47 Å². The van der Waals surface area contributed by atoms with Gasteiger partial charge in [-0.1, -0.05) is 342 Å². The molecule has 0 radical (unpaired) electrons. The molecule has 0 aliphatic rings. The number of aliphatic hydroxyl groups is 1. The van der Waals surface area contributed by atoms with Crippen LogP contribution >= 0.6 is 0 Å². The summed E-state index contributed by atoms with van der Waals surface area (Å²) in [5, 5.41) is 9.70. The van der Waals surface area contributed by atoms with Gasteiger partial charge in [0.2, 0.25) is 0 Å². The molecule has 0 fully saturated rings. The lowest BCUT2D eigenvalue weighted by Crippen LogP contribution is -2.28. The van der Waals surface area contributed by atoms with Crippen molar-refractivity contribution in [3.05, 3.63) is 109 Å². The molecule has 0 bridgehead atoms. The molecule has 0 heterocycles. The van der Waals surface area contributed by atoms with E-state index in [0.29, 0.717) is 12.8 Å². The zero-order valence-electron chi connectivity index (χ0n) is 54.2.